The van der Waals surface area contributed by atoms with E-state index in [1.54, 1.807) is 48.5 Å². The number of anilines is 1. The van der Waals surface area contributed by atoms with Crippen LogP contribution in [0.1, 0.15) is 16.7 Å². The van der Waals surface area contributed by atoms with E-state index in [4.69, 9.17) is 27.9 Å². The van der Waals surface area contributed by atoms with Crippen molar-refractivity contribution in [3.05, 3.63) is 93.5 Å². The molecule has 0 atom stereocenters. The van der Waals surface area contributed by atoms with Crippen molar-refractivity contribution in [2.75, 3.05) is 5.32 Å². The van der Waals surface area contributed by atoms with Crippen molar-refractivity contribution >= 4 is 46.9 Å². The maximum Gasteiger partial charge on any atom is 0.329 e. The number of ether oxygens (including phenoxy) is 1. The van der Waals surface area contributed by atoms with Crippen LogP contribution in [0.15, 0.2) is 71.8 Å². The second-order valence-electron chi connectivity index (χ2n) is 6.63. The molecule has 0 spiro atoms. The number of nitrogens with one attached hydrogen (secondary N) is 2. The van der Waals surface area contributed by atoms with Crippen molar-refractivity contribution in [3.63, 3.8) is 0 Å². The number of benzene rings is 3. The van der Waals surface area contributed by atoms with Gasteiger partial charge in [-0.3, -0.25) is 9.59 Å². The van der Waals surface area contributed by atoms with Gasteiger partial charge in [0.1, 0.15) is 12.4 Å². The minimum absolute atomic E-state index is 0.344. The van der Waals surface area contributed by atoms with E-state index in [2.05, 4.69) is 15.8 Å². The van der Waals surface area contributed by atoms with Crippen LogP contribution in [0, 0.1) is 6.92 Å². The molecule has 31 heavy (non-hydrogen) atoms. The molecule has 2 N–H and O–H groups in total. The summed E-state index contributed by atoms with van der Waals surface area (Å²) in [7, 11) is 0. The van der Waals surface area contributed by atoms with E-state index in [9.17, 15) is 9.59 Å². The molecule has 6 nitrogen and oxygen atoms in total. The van der Waals surface area contributed by atoms with Crippen LogP contribution in [0.4, 0.5) is 5.69 Å². The normalized spacial score (nSPS) is 10.7. The third kappa shape index (κ3) is 6.84. The Morgan fingerprint density at radius 1 is 0.935 bits per heavy atom. The summed E-state index contributed by atoms with van der Waals surface area (Å²) in [6.45, 7) is 2.28. The van der Waals surface area contributed by atoms with E-state index in [0.717, 1.165) is 16.7 Å². The molecule has 0 saturated heterocycles. The van der Waals surface area contributed by atoms with Gasteiger partial charge in [-0.1, -0.05) is 47.0 Å². The van der Waals surface area contributed by atoms with Crippen molar-refractivity contribution < 1.29 is 14.3 Å². The van der Waals surface area contributed by atoms with Crippen LogP contribution in [0.3, 0.4) is 0 Å². The van der Waals surface area contributed by atoms with Gasteiger partial charge in [-0.05, 0) is 66.6 Å². The highest BCUT2D eigenvalue weighted by atomic mass is 35.5. The van der Waals surface area contributed by atoms with Gasteiger partial charge in [0.2, 0.25) is 0 Å². The monoisotopic (exact) mass is 455 g/mol. The molecular weight excluding hydrogens is 437 g/mol. The van der Waals surface area contributed by atoms with Crippen LogP contribution in [0.2, 0.25) is 10.0 Å². The second-order valence-corrected chi connectivity index (χ2v) is 7.44. The minimum Gasteiger partial charge on any atom is -0.489 e. The van der Waals surface area contributed by atoms with Crippen LogP contribution in [-0.2, 0) is 16.2 Å². The highest BCUT2D eigenvalue weighted by molar-refractivity contribution is 6.42. The number of carbonyl (C=O) groups is 2. The van der Waals surface area contributed by atoms with Gasteiger partial charge in [0, 0.05) is 5.69 Å². The molecular formula is C23H19Cl2N3O3. The molecule has 0 fully saturated rings. The number of rotatable bonds is 6. The van der Waals surface area contributed by atoms with Gasteiger partial charge >= 0.3 is 11.8 Å². The lowest BCUT2D eigenvalue weighted by Gasteiger charge is -2.07. The van der Waals surface area contributed by atoms with E-state index in [-0.39, 0.29) is 0 Å². The molecule has 3 rings (SSSR count). The Balaban J connectivity index is 1.47. The molecule has 0 aliphatic heterocycles. The first-order valence-corrected chi connectivity index (χ1v) is 10.0. The summed E-state index contributed by atoms with van der Waals surface area (Å²) >= 11 is 11.9. The highest BCUT2D eigenvalue weighted by Gasteiger charge is 2.12. The molecule has 2 amide bonds. The standard InChI is InChI=1S/C23H19Cl2N3O3/c1-15-2-7-18(8-3-15)27-22(29)23(30)28-26-13-16-4-9-19(10-5-16)31-14-17-6-11-20(24)21(25)12-17/h2-13H,14H2,1H3,(H,27,29)(H,28,30)/b26-13-. The fourth-order valence-electron chi connectivity index (χ4n) is 2.49. The number of halogens is 2. The molecule has 3 aromatic rings. The van der Waals surface area contributed by atoms with Crippen molar-refractivity contribution in [2.45, 2.75) is 13.5 Å². The van der Waals surface area contributed by atoms with E-state index < -0.39 is 11.8 Å². The van der Waals surface area contributed by atoms with Gasteiger partial charge in [-0.15, -0.1) is 0 Å². The smallest absolute Gasteiger partial charge is 0.329 e. The van der Waals surface area contributed by atoms with Crippen LogP contribution >= 0.6 is 23.2 Å². The highest BCUT2D eigenvalue weighted by Crippen LogP contribution is 2.23. The molecule has 0 unspecified atom stereocenters. The zero-order valence-corrected chi connectivity index (χ0v) is 18.1. The first kappa shape index (κ1) is 22.3. The fraction of sp³-hybridized carbons (Fsp3) is 0.0870. The molecule has 0 aliphatic carbocycles. The first-order chi connectivity index (χ1) is 14.9. The number of hydrazone groups is 1. The average Bonchev–Trinajstić information content (AvgIpc) is 2.77. The molecule has 158 valence electrons. The Labute approximate surface area is 189 Å². The van der Waals surface area contributed by atoms with Crippen molar-refractivity contribution in [1.29, 1.82) is 0 Å². The molecule has 0 saturated carbocycles. The lowest BCUT2D eigenvalue weighted by atomic mass is 10.2. The first-order valence-electron chi connectivity index (χ1n) is 9.28. The number of nitrogens with zero attached hydrogens (tertiary/aromatic N) is 1. The molecule has 0 aliphatic rings. The molecule has 0 bridgehead atoms. The summed E-state index contributed by atoms with van der Waals surface area (Å²) in [4.78, 5) is 23.7. The second kappa shape index (κ2) is 10.6. The average molecular weight is 456 g/mol. The number of aryl methyl sites for hydroxylation is 1. The largest absolute Gasteiger partial charge is 0.489 e. The number of carbonyl (C=O) groups excluding carboxylic acids is 2. The Hall–Kier alpha value is -3.35. The molecule has 3 aromatic carbocycles. The van der Waals surface area contributed by atoms with Crippen LogP contribution in [0.25, 0.3) is 0 Å². The Kier molecular flexibility index (Phi) is 7.65. The van der Waals surface area contributed by atoms with Gasteiger partial charge in [-0.2, -0.15) is 5.10 Å². The SMILES string of the molecule is Cc1ccc(NC(=O)C(=O)N/N=C\c2ccc(OCc3ccc(Cl)c(Cl)c3)cc2)cc1. The van der Waals surface area contributed by atoms with Gasteiger partial charge < -0.3 is 10.1 Å². The summed E-state index contributed by atoms with van der Waals surface area (Å²) < 4.78 is 5.71. The zero-order chi connectivity index (χ0) is 22.2. The topological polar surface area (TPSA) is 79.8 Å². The summed E-state index contributed by atoms with van der Waals surface area (Å²) in [5.41, 5.74) is 5.40. The molecule has 0 aromatic heterocycles. The lowest BCUT2D eigenvalue weighted by molar-refractivity contribution is -0.136. The predicted octanol–water partition coefficient (Wildman–Crippen LogP) is 4.97. The van der Waals surface area contributed by atoms with E-state index in [1.165, 1.54) is 6.21 Å². The van der Waals surface area contributed by atoms with Crippen molar-refractivity contribution in [2.24, 2.45) is 5.10 Å². The third-order valence-corrected chi connectivity index (χ3v) is 4.90. The fourth-order valence-corrected chi connectivity index (χ4v) is 2.81. The molecule has 0 radical (unpaired) electrons. The number of hydrogen-bond donors (Lipinski definition) is 2. The zero-order valence-electron chi connectivity index (χ0n) is 16.6. The van der Waals surface area contributed by atoms with Crippen LogP contribution < -0.4 is 15.5 Å². The lowest BCUT2D eigenvalue weighted by Crippen LogP contribution is -2.32. The predicted molar refractivity (Wildman–Crippen MR) is 123 cm³/mol. The Morgan fingerprint density at radius 3 is 2.32 bits per heavy atom. The van der Waals surface area contributed by atoms with Crippen molar-refractivity contribution in [3.8, 4) is 5.75 Å². The van der Waals surface area contributed by atoms with Gasteiger partial charge in [0.25, 0.3) is 0 Å². The number of amides is 2. The van der Waals surface area contributed by atoms with Gasteiger partial charge in [-0.25, -0.2) is 5.43 Å². The molecule has 0 heterocycles. The Bertz CT molecular complexity index is 1100. The van der Waals surface area contributed by atoms with E-state index in [1.807, 2.05) is 25.1 Å². The summed E-state index contributed by atoms with van der Waals surface area (Å²) in [5, 5.41) is 7.28. The Morgan fingerprint density at radius 2 is 1.65 bits per heavy atom. The summed E-state index contributed by atoms with van der Waals surface area (Å²) in [6, 6.07) is 19.5. The maximum absolute atomic E-state index is 11.9. The quantitative estimate of drug-likeness (QED) is 0.312. The minimum atomic E-state index is -0.863. The number of hydrogen-bond acceptors (Lipinski definition) is 4. The maximum atomic E-state index is 11.9. The van der Waals surface area contributed by atoms with Gasteiger partial charge in [0.05, 0.1) is 16.3 Å². The van der Waals surface area contributed by atoms with Crippen LogP contribution in [-0.4, -0.2) is 18.0 Å². The van der Waals surface area contributed by atoms with E-state index >= 15 is 0 Å². The van der Waals surface area contributed by atoms with Crippen molar-refractivity contribution in [1.82, 2.24) is 5.43 Å². The molecule has 8 heteroatoms. The summed E-state index contributed by atoms with van der Waals surface area (Å²) in [6.07, 6.45) is 1.43. The summed E-state index contributed by atoms with van der Waals surface area (Å²) in [5.74, 6) is -1.00. The van der Waals surface area contributed by atoms with E-state index in [0.29, 0.717) is 28.1 Å². The third-order valence-electron chi connectivity index (χ3n) is 4.16. The van der Waals surface area contributed by atoms with Crippen LogP contribution in [0.5, 0.6) is 5.75 Å². The van der Waals surface area contributed by atoms with Gasteiger partial charge in [0.15, 0.2) is 0 Å².